The summed E-state index contributed by atoms with van der Waals surface area (Å²) in [5, 5.41) is 5.88. The van der Waals surface area contributed by atoms with Crippen LogP contribution in [0.1, 0.15) is 34.6 Å². The van der Waals surface area contributed by atoms with E-state index in [1.54, 1.807) is 26.0 Å². The van der Waals surface area contributed by atoms with Crippen molar-refractivity contribution in [3.63, 3.8) is 0 Å². The van der Waals surface area contributed by atoms with Crippen LogP contribution >= 0.6 is 11.8 Å². The van der Waals surface area contributed by atoms with E-state index in [2.05, 4.69) is 15.6 Å². The summed E-state index contributed by atoms with van der Waals surface area (Å²) < 4.78 is 0. The Hall–Kier alpha value is -2.35. The molecule has 120 valence electrons. The molecule has 0 spiro atoms. The number of rotatable bonds is 2. The van der Waals surface area contributed by atoms with Crippen molar-refractivity contribution in [2.75, 3.05) is 17.6 Å². The van der Waals surface area contributed by atoms with Gasteiger partial charge in [-0.15, -0.1) is 0 Å². The highest BCUT2D eigenvalue weighted by Crippen LogP contribution is 2.27. The van der Waals surface area contributed by atoms with E-state index in [0.29, 0.717) is 28.5 Å². The van der Waals surface area contributed by atoms with Crippen LogP contribution in [0, 0.1) is 0 Å². The van der Waals surface area contributed by atoms with Gasteiger partial charge in [0.15, 0.2) is 5.17 Å². The fourth-order valence-corrected chi connectivity index (χ4v) is 3.20. The third-order valence-corrected chi connectivity index (χ3v) is 4.39. The van der Waals surface area contributed by atoms with E-state index in [0.717, 1.165) is 5.75 Å². The number of imide groups is 1. The fraction of sp³-hybridized carbons (Fsp3) is 0.333. The summed E-state index contributed by atoms with van der Waals surface area (Å²) >= 11 is 1.48. The molecule has 2 aliphatic heterocycles. The predicted molar refractivity (Wildman–Crippen MR) is 89.0 cm³/mol. The molecule has 2 aliphatic rings. The first kappa shape index (κ1) is 15.5. The zero-order chi connectivity index (χ0) is 16.6. The Morgan fingerprint density at radius 3 is 2.61 bits per heavy atom. The minimum absolute atomic E-state index is 0.209. The summed E-state index contributed by atoms with van der Waals surface area (Å²) in [6.07, 6.45) is 0. The summed E-state index contributed by atoms with van der Waals surface area (Å²) in [4.78, 5) is 41.8. The Morgan fingerprint density at radius 1 is 1.22 bits per heavy atom. The van der Waals surface area contributed by atoms with Crippen LogP contribution in [-0.2, 0) is 0 Å². The van der Waals surface area contributed by atoms with Crippen molar-refractivity contribution in [1.29, 1.82) is 0 Å². The van der Waals surface area contributed by atoms with E-state index in [4.69, 9.17) is 0 Å². The maximum Gasteiger partial charge on any atom is 0.325 e. The van der Waals surface area contributed by atoms with Gasteiger partial charge in [0.2, 0.25) is 0 Å². The number of hydrogen-bond donors (Lipinski definition) is 2. The van der Waals surface area contributed by atoms with Crippen LogP contribution in [-0.4, -0.2) is 46.3 Å². The second-order valence-corrected chi connectivity index (χ2v) is 6.53. The number of amides is 4. The second-order valence-electron chi connectivity index (χ2n) is 5.45. The van der Waals surface area contributed by atoms with Crippen LogP contribution in [0.5, 0.6) is 0 Å². The number of nitrogens with zero attached hydrogens (tertiary/aromatic N) is 2. The summed E-state index contributed by atoms with van der Waals surface area (Å²) in [5.74, 6) is 0.225. The van der Waals surface area contributed by atoms with Gasteiger partial charge in [-0.05, 0) is 32.0 Å². The van der Waals surface area contributed by atoms with E-state index in [9.17, 15) is 14.4 Å². The van der Waals surface area contributed by atoms with Crippen molar-refractivity contribution in [3.8, 4) is 0 Å². The van der Waals surface area contributed by atoms with E-state index >= 15 is 0 Å². The van der Waals surface area contributed by atoms with Gasteiger partial charge in [-0.25, -0.2) is 4.79 Å². The molecule has 0 saturated heterocycles. The fourth-order valence-electron chi connectivity index (χ4n) is 2.48. The lowest BCUT2D eigenvalue weighted by atomic mass is 10.1. The molecule has 0 saturated carbocycles. The lowest BCUT2D eigenvalue weighted by molar-refractivity contribution is 0.0609. The first-order valence-corrected chi connectivity index (χ1v) is 8.23. The smallest absolute Gasteiger partial charge is 0.308 e. The standard InChI is InChI=1S/C15H16N4O3S/c1-8(2)19-12(20)10-4-3-9(7-11(10)13(19)21)17-14(22)18-15-16-5-6-23-15/h3-4,7-8H,5-6H2,1-2H3,(H2,16,17,18,22). The van der Waals surface area contributed by atoms with E-state index in [-0.39, 0.29) is 17.9 Å². The number of amidine groups is 1. The van der Waals surface area contributed by atoms with Gasteiger partial charge in [0.1, 0.15) is 0 Å². The Balaban J connectivity index is 1.76. The third-order valence-electron chi connectivity index (χ3n) is 3.50. The molecule has 1 aromatic carbocycles. The number of fused-ring (bicyclic) bond motifs is 1. The molecular formula is C15H16N4O3S. The Morgan fingerprint density at radius 2 is 1.96 bits per heavy atom. The van der Waals surface area contributed by atoms with Gasteiger partial charge >= 0.3 is 6.03 Å². The maximum absolute atomic E-state index is 12.3. The van der Waals surface area contributed by atoms with E-state index in [1.165, 1.54) is 22.7 Å². The highest BCUT2D eigenvalue weighted by molar-refractivity contribution is 8.14. The predicted octanol–water partition coefficient (Wildman–Crippen LogP) is 1.92. The lowest BCUT2D eigenvalue weighted by Gasteiger charge is -2.17. The molecule has 0 atom stereocenters. The molecule has 3 rings (SSSR count). The van der Waals surface area contributed by atoms with Gasteiger partial charge in [-0.3, -0.25) is 24.8 Å². The molecule has 0 aromatic heterocycles. The summed E-state index contributed by atoms with van der Waals surface area (Å²) in [6, 6.07) is 4.07. The van der Waals surface area contributed by atoms with Crippen molar-refractivity contribution >= 4 is 40.5 Å². The summed E-state index contributed by atoms with van der Waals surface area (Å²) in [5.41, 5.74) is 1.14. The zero-order valence-corrected chi connectivity index (χ0v) is 13.6. The topological polar surface area (TPSA) is 90.9 Å². The third kappa shape index (κ3) is 2.94. The number of thioether (sulfide) groups is 1. The molecule has 0 unspecified atom stereocenters. The summed E-state index contributed by atoms with van der Waals surface area (Å²) in [6.45, 7) is 4.27. The zero-order valence-electron chi connectivity index (χ0n) is 12.8. The number of carbonyl (C=O) groups is 3. The average Bonchev–Trinajstić information content (AvgIpc) is 3.06. The maximum atomic E-state index is 12.3. The second kappa shape index (κ2) is 6.04. The summed E-state index contributed by atoms with van der Waals surface area (Å²) in [7, 11) is 0. The molecule has 8 heteroatoms. The molecule has 1 aromatic rings. The minimum atomic E-state index is -0.421. The van der Waals surface area contributed by atoms with Gasteiger partial charge in [0, 0.05) is 17.5 Å². The van der Waals surface area contributed by atoms with Crippen molar-refractivity contribution in [2.24, 2.45) is 4.99 Å². The Kier molecular flexibility index (Phi) is 4.08. The van der Waals surface area contributed by atoms with Gasteiger partial charge < -0.3 is 5.32 Å². The lowest BCUT2D eigenvalue weighted by Crippen LogP contribution is -2.35. The number of carbonyl (C=O) groups excluding carboxylic acids is 3. The van der Waals surface area contributed by atoms with Crippen LogP contribution in [0.2, 0.25) is 0 Å². The average molecular weight is 332 g/mol. The van der Waals surface area contributed by atoms with Crippen LogP contribution in [0.25, 0.3) is 0 Å². The minimum Gasteiger partial charge on any atom is -0.308 e. The number of anilines is 1. The van der Waals surface area contributed by atoms with Crippen LogP contribution in [0.4, 0.5) is 10.5 Å². The van der Waals surface area contributed by atoms with Gasteiger partial charge in [-0.1, -0.05) is 11.8 Å². The molecule has 2 heterocycles. The monoisotopic (exact) mass is 332 g/mol. The van der Waals surface area contributed by atoms with Crippen LogP contribution < -0.4 is 10.6 Å². The molecular weight excluding hydrogens is 316 g/mol. The van der Waals surface area contributed by atoms with Gasteiger partial charge in [0.25, 0.3) is 11.8 Å². The molecule has 0 fully saturated rings. The highest BCUT2D eigenvalue weighted by atomic mass is 32.2. The quantitative estimate of drug-likeness (QED) is 0.810. The van der Waals surface area contributed by atoms with E-state index in [1.807, 2.05) is 0 Å². The van der Waals surface area contributed by atoms with E-state index < -0.39 is 6.03 Å². The number of hydrogen-bond acceptors (Lipinski definition) is 5. The largest absolute Gasteiger partial charge is 0.325 e. The molecule has 2 N–H and O–H groups in total. The molecule has 0 bridgehead atoms. The first-order valence-electron chi connectivity index (χ1n) is 7.24. The number of benzene rings is 1. The number of urea groups is 1. The van der Waals surface area contributed by atoms with Crippen LogP contribution in [0.15, 0.2) is 23.2 Å². The van der Waals surface area contributed by atoms with Crippen molar-refractivity contribution in [1.82, 2.24) is 10.2 Å². The molecule has 23 heavy (non-hydrogen) atoms. The number of nitrogens with one attached hydrogen (secondary N) is 2. The highest BCUT2D eigenvalue weighted by Gasteiger charge is 2.37. The molecule has 0 radical (unpaired) electrons. The van der Waals surface area contributed by atoms with Crippen LogP contribution in [0.3, 0.4) is 0 Å². The normalized spacial score (nSPS) is 16.7. The van der Waals surface area contributed by atoms with Crippen molar-refractivity contribution in [2.45, 2.75) is 19.9 Å². The SMILES string of the molecule is CC(C)N1C(=O)c2ccc(NC(=O)NC3=NCCS3)cc2C1=O. The number of aliphatic imine (C=N–C) groups is 1. The molecule has 7 nitrogen and oxygen atoms in total. The Labute approximate surface area is 137 Å². The first-order chi connectivity index (χ1) is 11.0. The Bertz CT molecular complexity index is 729. The molecule has 4 amide bonds. The van der Waals surface area contributed by atoms with Gasteiger partial charge in [-0.2, -0.15) is 0 Å². The van der Waals surface area contributed by atoms with Crippen molar-refractivity contribution in [3.05, 3.63) is 29.3 Å². The van der Waals surface area contributed by atoms with Gasteiger partial charge in [0.05, 0.1) is 17.7 Å². The molecule has 0 aliphatic carbocycles. The van der Waals surface area contributed by atoms with Crippen molar-refractivity contribution < 1.29 is 14.4 Å².